The normalized spacial score (nSPS) is 14.6. The number of para-hydroxylation sites is 2. The van der Waals surface area contributed by atoms with Crippen molar-refractivity contribution in [2.45, 2.75) is 6.42 Å². The average molecular weight is 346 g/mol. The molecular formula is C22H22N2O2. The number of hydrogen-bond acceptors (Lipinski definition) is 3. The van der Waals surface area contributed by atoms with Crippen LogP contribution in [0.4, 0.5) is 5.69 Å². The molecule has 26 heavy (non-hydrogen) atoms. The molecule has 0 bridgehead atoms. The number of carbonyl (C=O) groups is 1. The summed E-state index contributed by atoms with van der Waals surface area (Å²) < 4.78 is 0. The number of nitrogens with zero attached hydrogens (tertiary/aromatic N) is 2. The van der Waals surface area contributed by atoms with Crippen LogP contribution in [-0.2, 0) is 11.2 Å². The SMILES string of the molecule is O=C(Cc1ccc2ccccc2c1)N1CCN(c2ccccc2O)CC1. The Hall–Kier alpha value is -3.01. The lowest BCUT2D eigenvalue weighted by Gasteiger charge is -2.36. The Morgan fingerprint density at radius 3 is 2.31 bits per heavy atom. The minimum Gasteiger partial charge on any atom is -0.506 e. The largest absolute Gasteiger partial charge is 0.506 e. The Balaban J connectivity index is 1.39. The molecule has 1 amide bonds. The molecule has 3 aromatic carbocycles. The number of carbonyl (C=O) groups excluding carboxylic acids is 1. The molecule has 4 nitrogen and oxygen atoms in total. The molecule has 1 aliphatic rings. The van der Waals surface area contributed by atoms with E-state index in [1.165, 1.54) is 10.8 Å². The maximum Gasteiger partial charge on any atom is 0.227 e. The van der Waals surface area contributed by atoms with Gasteiger partial charge in [-0.25, -0.2) is 0 Å². The number of aromatic hydroxyl groups is 1. The summed E-state index contributed by atoms with van der Waals surface area (Å²) in [6.45, 7) is 2.84. The van der Waals surface area contributed by atoms with Crippen molar-refractivity contribution in [3.05, 3.63) is 72.3 Å². The molecule has 0 atom stereocenters. The fraction of sp³-hybridized carbons (Fsp3) is 0.227. The molecule has 0 radical (unpaired) electrons. The Bertz CT molecular complexity index is 930. The summed E-state index contributed by atoms with van der Waals surface area (Å²) in [7, 11) is 0. The van der Waals surface area contributed by atoms with Crippen molar-refractivity contribution in [1.82, 2.24) is 4.90 Å². The highest BCUT2D eigenvalue weighted by Gasteiger charge is 2.22. The number of phenols is 1. The molecule has 1 saturated heterocycles. The maximum absolute atomic E-state index is 12.7. The fourth-order valence-corrected chi connectivity index (χ4v) is 3.56. The van der Waals surface area contributed by atoms with E-state index in [1.54, 1.807) is 6.07 Å². The van der Waals surface area contributed by atoms with E-state index in [-0.39, 0.29) is 5.91 Å². The molecule has 132 valence electrons. The molecule has 0 saturated carbocycles. The zero-order valence-corrected chi connectivity index (χ0v) is 14.6. The van der Waals surface area contributed by atoms with Crippen LogP contribution in [0.1, 0.15) is 5.56 Å². The van der Waals surface area contributed by atoms with Crippen LogP contribution in [0.3, 0.4) is 0 Å². The third-order valence-electron chi connectivity index (χ3n) is 5.02. The van der Waals surface area contributed by atoms with E-state index in [0.29, 0.717) is 25.3 Å². The molecule has 0 spiro atoms. The molecule has 4 rings (SSSR count). The zero-order chi connectivity index (χ0) is 17.9. The Kier molecular flexibility index (Phi) is 4.48. The first-order chi connectivity index (χ1) is 12.7. The predicted octanol–water partition coefficient (Wildman–Crippen LogP) is 3.44. The predicted molar refractivity (Wildman–Crippen MR) is 105 cm³/mol. The van der Waals surface area contributed by atoms with Crippen molar-refractivity contribution in [2.75, 3.05) is 31.1 Å². The number of anilines is 1. The fourth-order valence-electron chi connectivity index (χ4n) is 3.56. The van der Waals surface area contributed by atoms with Gasteiger partial charge in [-0.15, -0.1) is 0 Å². The number of phenolic OH excluding ortho intramolecular Hbond substituents is 1. The minimum absolute atomic E-state index is 0.164. The second kappa shape index (κ2) is 7.08. The summed E-state index contributed by atoms with van der Waals surface area (Å²) in [6.07, 6.45) is 0.432. The van der Waals surface area contributed by atoms with Crippen LogP contribution in [0, 0.1) is 0 Å². The second-order valence-corrected chi connectivity index (χ2v) is 6.71. The highest BCUT2D eigenvalue weighted by Crippen LogP contribution is 2.27. The molecule has 1 heterocycles. The van der Waals surface area contributed by atoms with Crippen LogP contribution in [0.15, 0.2) is 66.7 Å². The van der Waals surface area contributed by atoms with Crippen molar-refractivity contribution in [2.24, 2.45) is 0 Å². The first-order valence-corrected chi connectivity index (χ1v) is 8.99. The highest BCUT2D eigenvalue weighted by atomic mass is 16.3. The van der Waals surface area contributed by atoms with Gasteiger partial charge in [0.25, 0.3) is 0 Å². The standard InChI is InChI=1S/C22H22N2O2/c25-21-8-4-3-7-20(21)23-11-13-24(14-12-23)22(26)16-17-9-10-18-5-1-2-6-19(18)15-17/h1-10,15,25H,11-14,16H2. The zero-order valence-electron chi connectivity index (χ0n) is 14.6. The van der Waals surface area contributed by atoms with Gasteiger partial charge in [0.2, 0.25) is 5.91 Å². The summed E-state index contributed by atoms with van der Waals surface area (Å²) in [5.41, 5.74) is 1.89. The molecule has 0 aliphatic carbocycles. The summed E-state index contributed by atoms with van der Waals surface area (Å²) in [5, 5.41) is 12.4. The molecule has 1 aliphatic heterocycles. The van der Waals surface area contributed by atoms with Crippen molar-refractivity contribution in [3.63, 3.8) is 0 Å². The lowest BCUT2D eigenvalue weighted by Crippen LogP contribution is -2.49. The monoisotopic (exact) mass is 346 g/mol. The molecule has 1 fully saturated rings. The van der Waals surface area contributed by atoms with Crippen molar-refractivity contribution in [3.8, 4) is 5.75 Å². The van der Waals surface area contributed by atoms with E-state index in [1.807, 2.05) is 41.3 Å². The Morgan fingerprint density at radius 2 is 1.54 bits per heavy atom. The van der Waals surface area contributed by atoms with Crippen LogP contribution in [0.2, 0.25) is 0 Å². The van der Waals surface area contributed by atoms with E-state index >= 15 is 0 Å². The van der Waals surface area contributed by atoms with E-state index in [4.69, 9.17) is 0 Å². The molecule has 4 heteroatoms. The van der Waals surface area contributed by atoms with Gasteiger partial charge < -0.3 is 14.9 Å². The van der Waals surface area contributed by atoms with Gasteiger partial charge in [-0.1, -0.05) is 54.6 Å². The van der Waals surface area contributed by atoms with Crippen LogP contribution >= 0.6 is 0 Å². The van der Waals surface area contributed by atoms with Crippen LogP contribution in [-0.4, -0.2) is 42.1 Å². The van der Waals surface area contributed by atoms with Crippen LogP contribution in [0.25, 0.3) is 10.8 Å². The highest BCUT2D eigenvalue weighted by molar-refractivity contribution is 5.85. The average Bonchev–Trinajstić information content (AvgIpc) is 2.68. The van der Waals surface area contributed by atoms with Gasteiger partial charge in [-0.05, 0) is 28.5 Å². The van der Waals surface area contributed by atoms with E-state index in [2.05, 4.69) is 29.2 Å². The Labute approximate surface area is 153 Å². The van der Waals surface area contributed by atoms with Gasteiger partial charge in [0.05, 0.1) is 12.1 Å². The first-order valence-electron chi connectivity index (χ1n) is 8.99. The lowest BCUT2D eigenvalue weighted by molar-refractivity contribution is -0.130. The summed E-state index contributed by atoms with van der Waals surface area (Å²) in [4.78, 5) is 16.7. The number of fused-ring (bicyclic) bond motifs is 1. The van der Waals surface area contributed by atoms with E-state index < -0.39 is 0 Å². The molecule has 3 aromatic rings. The minimum atomic E-state index is 0.164. The van der Waals surface area contributed by atoms with Crippen LogP contribution < -0.4 is 4.90 Å². The van der Waals surface area contributed by atoms with Gasteiger partial charge in [0.15, 0.2) is 0 Å². The smallest absolute Gasteiger partial charge is 0.227 e. The maximum atomic E-state index is 12.7. The number of rotatable bonds is 3. The third kappa shape index (κ3) is 3.36. The molecular weight excluding hydrogens is 324 g/mol. The Morgan fingerprint density at radius 1 is 0.846 bits per heavy atom. The van der Waals surface area contributed by atoms with Gasteiger partial charge >= 0.3 is 0 Å². The van der Waals surface area contributed by atoms with E-state index in [0.717, 1.165) is 24.3 Å². The molecule has 1 N–H and O–H groups in total. The summed E-state index contributed by atoms with van der Waals surface area (Å²) in [5.74, 6) is 0.459. The lowest BCUT2D eigenvalue weighted by atomic mass is 10.0. The quantitative estimate of drug-likeness (QED) is 0.790. The number of benzene rings is 3. The topological polar surface area (TPSA) is 43.8 Å². The molecule has 0 aromatic heterocycles. The summed E-state index contributed by atoms with van der Waals surface area (Å²) in [6, 6.07) is 21.8. The van der Waals surface area contributed by atoms with Crippen molar-refractivity contribution < 1.29 is 9.90 Å². The van der Waals surface area contributed by atoms with Crippen molar-refractivity contribution >= 4 is 22.4 Å². The van der Waals surface area contributed by atoms with Gasteiger partial charge in [0, 0.05) is 26.2 Å². The first kappa shape index (κ1) is 16.5. The van der Waals surface area contributed by atoms with E-state index in [9.17, 15) is 9.90 Å². The summed E-state index contributed by atoms with van der Waals surface area (Å²) >= 11 is 0. The number of hydrogen-bond donors (Lipinski definition) is 1. The van der Waals surface area contributed by atoms with Crippen LogP contribution in [0.5, 0.6) is 5.75 Å². The second-order valence-electron chi connectivity index (χ2n) is 6.71. The van der Waals surface area contributed by atoms with Gasteiger partial charge in [0.1, 0.15) is 5.75 Å². The third-order valence-corrected chi connectivity index (χ3v) is 5.02. The number of amides is 1. The van der Waals surface area contributed by atoms with Gasteiger partial charge in [-0.2, -0.15) is 0 Å². The molecule has 0 unspecified atom stereocenters. The van der Waals surface area contributed by atoms with Gasteiger partial charge in [-0.3, -0.25) is 4.79 Å². The van der Waals surface area contributed by atoms with Crippen molar-refractivity contribution in [1.29, 1.82) is 0 Å². The number of piperazine rings is 1.